The second-order valence-electron chi connectivity index (χ2n) is 7.10. The average Bonchev–Trinajstić information content (AvgIpc) is 2.78. The smallest absolute Gasteiger partial charge is 0.416 e. The van der Waals surface area contributed by atoms with Crippen LogP contribution in [0.25, 0.3) is 0 Å². The molecule has 0 saturated carbocycles. The Morgan fingerprint density at radius 1 is 1.15 bits per heavy atom. The van der Waals surface area contributed by atoms with Crippen molar-refractivity contribution < 1.29 is 42.0 Å². The van der Waals surface area contributed by atoms with E-state index in [2.05, 4.69) is 15.5 Å². The van der Waals surface area contributed by atoms with Crippen LogP contribution in [0, 0.1) is 12.7 Å². The van der Waals surface area contributed by atoms with E-state index in [9.17, 15) is 27.5 Å². The fraction of sp³-hybridized carbons (Fsp3) is 0.227. The molecule has 0 fully saturated rings. The van der Waals surface area contributed by atoms with E-state index in [0.29, 0.717) is 11.6 Å². The molecule has 0 bridgehead atoms. The number of benzene rings is 2. The topological polar surface area (TPSA) is 114 Å². The molecule has 0 aliphatic heterocycles. The van der Waals surface area contributed by atoms with Gasteiger partial charge in [-0.2, -0.15) is 18.3 Å². The van der Waals surface area contributed by atoms with Gasteiger partial charge in [0.2, 0.25) is 5.88 Å². The van der Waals surface area contributed by atoms with Crippen LogP contribution in [0.3, 0.4) is 0 Å². The van der Waals surface area contributed by atoms with Crippen LogP contribution >= 0.6 is 0 Å². The lowest BCUT2D eigenvalue weighted by Gasteiger charge is -2.16. The number of ether oxygens (including phenoxy) is 2. The SMILES string of the molecule is Cc1cc(F)ccc1Oc1cc(C(F)(F)F)ccc1C(=O)Nc1cnnc(OC[C@H](O)CO)c1. The molecule has 0 spiro atoms. The third-order valence-corrected chi connectivity index (χ3v) is 4.43. The number of aliphatic hydroxyl groups excluding tert-OH is 2. The molecule has 1 aromatic heterocycles. The van der Waals surface area contributed by atoms with Gasteiger partial charge in [-0.3, -0.25) is 4.79 Å². The molecule has 3 rings (SSSR count). The first-order valence-electron chi connectivity index (χ1n) is 9.78. The summed E-state index contributed by atoms with van der Waals surface area (Å²) < 4.78 is 63.9. The molecule has 180 valence electrons. The van der Waals surface area contributed by atoms with Crippen molar-refractivity contribution in [3.63, 3.8) is 0 Å². The Hall–Kier alpha value is -3.77. The van der Waals surface area contributed by atoms with E-state index >= 15 is 0 Å². The van der Waals surface area contributed by atoms with Crippen LogP contribution in [0.4, 0.5) is 23.2 Å². The summed E-state index contributed by atoms with van der Waals surface area (Å²) in [6.45, 7) is 0.689. The minimum absolute atomic E-state index is 0.0680. The Morgan fingerprint density at radius 2 is 1.91 bits per heavy atom. The number of amides is 1. The van der Waals surface area contributed by atoms with Gasteiger partial charge in [0.05, 0.1) is 29.6 Å². The van der Waals surface area contributed by atoms with E-state index in [4.69, 9.17) is 14.6 Å². The molecular weight excluding hydrogens is 462 g/mol. The number of aryl methyl sites for hydroxylation is 1. The quantitative estimate of drug-likeness (QED) is 0.420. The van der Waals surface area contributed by atoms with Crippen LogP contribution in [0.2, 0.25) is 0 Å². The van der Waals surface area contributed by atoms with Crippen molar-refractivity contribution in [2.75, 3.05) is 18.5 Å². The van der Waals surface area contributed by atoms with Crippen molar-refractivity contribution in [2.24, 2.45) is 0 Å². The van der Waals surface area contributed by atoms with Gasteiger partial charge in [-0.1, -0.05) is 0 Å². The van der Waals surface area contributed by atoms with E-state index in [1.807, 2.05) is 0 Å². The van der Waals surface area contributed by atoms with Gasteiger partial charge in [-0.15, -0.1) is 5.10 Å². The van der Waals surface area contributed by atoms with Gasteiger partial charge >= 0.3 is 6.18 Å². The zero-order valence-corrected chi connectivity index (χ0v) is 17.6. The lowest BCUT2D eigenvalue weighted by molar-refractivity contribution is -0.137. The number of alkyl halides is 3. The van der Waals surface area contributed by atoms with Crippen molar-refractivity contribution in [3.8, 4) is 17.4 Å². The van der Waals surface area contributed by atoms with Crippen molar-refractivity contribution >= 4 is 11.6 Å². The Labute approximate surface area is 190 Å². The van der Waals surface area contributed by atoms with Crippen LogP contribution < -0.4 is 14.8 Å². The summed E-state index contributed by atoms with van der Waals surface area (Å²) in [5.41, 5.74) is -0.861. The first kappa shape index (κ1) is 24.9. The number of anilines is 1. The normalized spacial score (nSPS) is 12.2. The Balaban J connectivity index is 1.88. The van der Waals surface area contributed by atoms with Gasteiger partial charge < -0.3 is 25.0 Å². The van der Waals surface area contributed by atoms with Crippen LogP contribution in [-0.2, 0) is 6.18 Å². The maximum atomic E-state index is 13.4. The highest BCUT2D eigenvalue weighted by molar-refractivity contribution is 6.06. The Bertz CT molecular complexity index is 1170. The van der Waals surface area contributed by atoms with Crippen LogP contribution in [-0.4, -0.2) is 45.6 Å². The molecule has 2 aromatic carbocycles. The minimum Gasteiger partial charge on any atom is -0.474 e. The predicted octanol–water partition coefficient (Wildman–Crippen LogP) is 3.72. The van der Waals surface area contributed by atoms with Crippen LogP contribution in [0.15, 0.2) is 48.7 Å². The maximum absolute atomic E-state index is 13.4. The minimum atomic E-state index is -4.69. The van der Waals surface area contributed by atoms with Gasteiger partial charge in [0, 0.05) is 6.07 Å². The third-order valence-electron chi connectivity index (χ3n) is 4.43. The number of rotatable bonds is 8. The first-order valence-corrected chi connectivity index (χ1v) is 9.78. The van der Waals surface area contributed by atoms with E-state index in [-0.39, 0.29) is 29.5 Å². The molecule has 12 heteroatoms. The molecule has 1 amide bonds. The standard InChI is InChI=1S/C22H19F4N3O5/c1-12-6-14(23)3-5-18(12)34-19-7-13(22(24,25)26)2-4-17(19)21(32)28-15-8-20(29-27-9-15)33-11-16(31)10-30/h2-9,16,30-31H,10-11H2,1H3,(H,28,29,32)/t16-/m1/s1. The third kappa shape index (κ3) is 6.39. The molecule has 0 aliphatic carbocycles. The lowest BCUT2D eigenvalue weighted by atomic mass is 10.1. The van der Waals surface area contributed by atoms with Crippen molar-refractivity contribution in [3.05, 3.63) is 71.2 Å². The summed E-state index contributed by atoms with van der Waals surface area (Å²) in [6, 6.07) is 7.08. The maximum Gasteiger partial charge on any atom is 0.416 e. The summed E-state index contributed by atoms with van der Waals surface area (Å²) in [6.07, 6.45) is -4.67. The zero-order chi connectivity index (χ0) is 24.9. The molecule has 3 aromatic rings. The Morgan fingerprint density at radius 3 is 2.59 bits per heavy atom. The summed E-state index contributed by atoms with van der Waals surface area (Å²) >= 11 is 0. The van der Waals surface area contributed by atoms with Crippen LogP contribution in [0.1, 0.15) is 21.5 Å². The molecular formula is C22H19F4N3O5. The second kappa shape index (κ2) is 10.4. The summed E-state index contributed by atoms with van der Waals surface area (Å²) in [7, 11) is 0. The summed E-state index contributed by atoms with van der Waals surface area (Å²) in [4.78, 5) is 12.9. The molecule has 34 heavy (non-hydrogen) atoms. The molecule has 1 atom stereocenters. The first-order chi connectivity index (χ1) is 16.1. The van der Waals surface area contributed by atoms with E-state index in [1.165, 1.54) is 25.3 Å². The molecule has 0 unspecified atom stereocenters. The molecule has 0 aliphatic rings. The fourth-order valence-electron chi connectivity index (χ4n) is 2.74. The summed E-state index contributed by atoms with van der Waals surface area (Å²) in [5.74, 6) is -1.78. The summed E-state index contributed by atoms with van der Waals surface area (Å²) in [5, 5.41) is 27.9. The van der Waals surface area contributed by atoms with Gasteiger partial charge in [0.15, 0.2) is 0 Å². The number of hydrogen-bond donors (Lipinski definition) is 3. The number of nitrogens with zero attached hydrogens (tertiary/aromatic N) is 2. The van der Waals surface area contributed by atoms with Crippen molar-refractivity contribution in [2.45, 2.75) is 19.2 Å². The Kier molecular flexibility index (Phi) is 7.64. The van der Waals surface area contributed by atoms with Gasteiger partial charge in [-0.25, -0.2) is 4.39 Å². The molecule has 3 N–H and O–H groups in total. The highest BCUT2D eigenvalue weighted by Gasteiger charge is 2.32. The molecule has 0 radical (unpaired) electrons. The fourth-order valence-corrected chi connectivity index (χ4v) is 2.74. The largest absolute Gasteiger partial charge is 0.474 e. The lowest BCUT2D eigenvalue weighted by Crippen LogP contribution is -2.21. The average molecular weight is 481 g/mol. The number of halogens is 4. The highest BCUT2D eigenvalue weighted by Crippen LogP contribution is 2.36. The number of hydrogen-bond acceptors (Lipinski definition) is 7. The van der Waals surface area contributed by atoms with Crippen LogP contribution in [0.5, 0.6) is 17.4 Å². The van der Waals surface area contributed by atoms with E-state index in [0.717, 1.165) is 24.3 Å². The van der Waals surface area contributed by atoms with E-state index in [1.54, 1.807) is 0 Å². The molecule has 1 heterocycles. The molecule has 0 saturated heterocycles. The van der Waals surface area contributed by atoms with Gasteiger partial charge in [0.25, 0.3) is 5.91 Å². The van der Waals surface area contributed by atoms with Crippen molar-refractivity contribution in [1.82, 2.24) is 10.2 Å². The van der Waals surface area contributed by atoms with Gasteiger partial charge in [0.1, 0.15) is 30.0 Å². The number of carbonyl (C=O) groups is 1. The monoisotopic (exact) mass is 481 g/mol. The van der Waals surface area contributed by atoms with E-state index < -0.39 is 41.9 Å². The number of aromatic nitrogens is 2. The number of carbonyl (C=O) groups excluding carboxylic acids is 1. The number of aliphatic hydroxyl groups is 2. The zero-order valence-electron chi connectivity index (χ0n) is 17.6. The van der Waals surface area contributed by atoms with Crippen molar-refractivity contribution in [1.29, 1.82) is 0 Å². The number of nitrogens with one attached hydrogen (secondary N) is 1. The highest BCUT2D eigenvalue weighted by atomic mass is 19.4. The van der Waals surface area contributed by atoms with Gasteiger partial charge in [-0.05, 0) is 48.9 Å². The predicted molar refractivity (Wildman–Crippen MR) is 111 cm³/mol. The second-order valence-corrected chi connectivity index (χ2v) is 7.10. The molecule has 8 nitrogen and oxygen atoms in total.